The Bertz CT molecular complexity index is 1900. The topological polar surface area (TPSA) is 44.8 Å². The summed E-state index contributed by atoms with van der Waals surface area (Å²) in [4.78, 5) is 9.75. The summed E-state index contributed by atoms with van der Waals surface area (Å²) in [6.07, 6.45) is 1.85. The van der Waals surface area contributed by atoms with Crippen LogP contribution in [0.1, 0.15) is 0 Å². The largest absolute Gasteiger partial charge is 2.00 e. The molecule has 3 heterocycles. The molecule has 0 saturated carbocycles. The molecule has 0 atom stereocenters. The van der Waals surface area contributed by atoms with Crippen LogP contribution in [0.15, 0.2) is 134 Å². The maximum absolute atomic E-state index is 5.20. The third-order valence-electron chi connectivity index (χ3n) is 6.69. The summed E-state index contributed by atoms with van der Waals surface area (Å²) in [6.45, 7) is 0. The molecule has 39 heavy (non-hydrogen) atoms. The summed E-state index contributed by atoms with van der Waals surface area (Å²) in [6, 6.07) is 46.2. The SMILES string of the molecule is [Pt+2].[c-]1ccccc1-c1cccc(-c2ccccc2[N-]c2cccc3c2c2ncccc2n3-c2ccccc2)n1. The number of benzene rings is 4. The maximum Gasteiger partial charge on any atom is 2.00 e. The van der Waals surface area contributed by atoms with Crippen molar-refractivity contribution in [2.75, 3.05) is 0 Å². The minimum Gasteiger partial charge on any atom is -0.657 e. The van der Waals surface area contributed by atoms with Gasteiger partial charge in [-0.2, -0.15) is 0 Å². The Morgan fingerprint density at radius 3 is 2.23 bits per heavy atom. The molecule has 0 bridgehead atoms. The van der Waals surface area contributed by atoms with Crippen LogP contribution in [0.25, 0.3) is 55.5 Å². The van der Waals surface area contributed by atoms with Crippen molar-refractivity contribution < 1.29 is 21.1 Å². The van der Waals surface area contributed by atoms with Gasteiger partial charge < -0.3 is 9.88 Å². The van der Waals surface area contributed by atoms with Gasteiger partial charge in [0.05, 0.1) is 22.2 Å². The number of pyridine rings is 2. The quantitative estimate of drug-likeness (QED) is 0.170. The standard InChI is InChI=1S/C34H22N4.Pt/c1-3-12-24(13-4-1)27-18-9-19-29(36-27)26-16-7-8-17-28(26)37-30-20-10-21-31-33(30)34-32(22-11-23-35-34)38(31)25-14-5-2-6-15-25;/h1-12,14-23H;/q-2;+2. The van der Waals surface area contributed by atoms with Crippen molar-refractivity contribution in [3.8, 4) is 28.2 Å². The van der Waals surface area contributed by atoms with Crippen molar-refractivity contribution in [3.05, 3.63) is 145 Å². The van der Waals surface area contributed by atoms with Gasteiger partial charge in [0.2, 0.25) is 0 Å². The molecule has 3 aromatic heterocycles. The van der Waals surface area contributed by atoms with E-state index in [-0.39, 0.29) is 21.1 Å². The number of fused-ring (bicyclic) bond motifs is 3. The van der Waals surface area contributed by atoms with Gasteiger partial charge in [-0.25, -0.2) is 0 Å². The smallest absolute Gasteiger partial charge is 0.657 e. The van der Waals surface area contributed by atoms with Crippen molar-refractivity contribution in [3.63, 3.8) is 0 Å². The number of aromatic nitrogens is 3. The molecule has 0 unspecified atom stereocenters. The molecule has 4 aromatic carbocycles. The van der Waals surface area contributed by atoms with Crippen LogP contribution in [0.3, 0.4) is 0 Å². The minimum absolute atomic E-state index is 0. The van der Waals surface area contributed by atoms with Gasteiger partial charge in [-0.15, -0.1) is 47.3 Å². The van der Waals surface area contributed by atoms with E-state index < -0.39 is 0 Å². The second-order valence-corrected chi connectivity index (χ2v) is 9.03. The first-order chi connectivity index (χ1) is 18.9. The zero-order valence-electron chi connectivity index (χ0n) is 20.8. The molecule has 0 radical (unpaired) electrons. The first-order valence-corrected chi connectivity index (χ1v) is 12.6. The van der Waals surface area contributed by atoms with E-state index >= 15 is 0 Å². The van der Waals surface area contributed by atoms with Crippen molar-refractivity contribution in [1.29, 1.82) is 0 Å². The van der Waals surface area contributed by atoms with Crippen LogP contribution in [0.5, 0.6) is 0 Å². The normalized spacial score (nSPS) is 10.9. The fourth-order valence-electron chi connectivity index (χ4n) is 5.01. The maximum atomic E-state index is 5.20. The zero-order chi connectivity index (χ0) is 25.3. The summed E-state index contributed by atoms with van der Waals surface area (Å²) in [5.41, 5.74) is 9.59. The van der Waals surface area contributed by atoms with E-state index in [0.29, 0.717) is 0 Å². The summed E-state index contributed by atoms with van der Waals surface area (Å²) in [5.74, 6) is 0. The first-order valence-electron chi connectivity index (χ1n) is 12.6. The fourth-order valence-corrected chi connectivity index (χ4v) is 5.01. The van der Waals surface area contributed by atoms with Crippen molar-refractivity contribution in [1.82, 2.24) is 14.5 Å². The third kappa shape index (κ3) is 4.54. The Morgan fingerprint density at radius 1 is 0.615 bits per heavy atom. The van der Waals surface area contributed by atoms with Crippen LogP contribution in [0.4, 0.5) is 11.4 Å². The van der Waals surface area contributed by atoms with Crippen LogP contribution in [-0.4, -0.2) is 14.5 Å². The Kier molecular flexibility index (Phi) is 6.79. The average molecular weight is 682 g/mol. The molecule has 4 nitrogen and oxygen atoms in total. The summed E-state index contributed by atoms with van der Waals surface area (Å²) >= 11 is 0. The molecular weight excluding hydrogens is 659 g/mol. The average Bonchev–Trinajstić information content (AvgIpc) is 3.34. The van der Waals surface area contributed by atoms with Crippen molar-refractivity contribution in [2.45, 2.75) is 0 Å². The van der Waals surface area contributed by atoms with Gasteiger partial charge in [-0.1, -0.05) is 66.7 Å². The Morgan fingerprint density at radius 2 is 1.36 bits per heavy atom. The number of hydrogen-bond acceptors (Lipinski definition) is 2. The first kappa shape index (κ1) is 24.8. The molecule has 7 aromatic rings. The molecule has 7 rings (SSSR count). The van der Waals surface area contributed by atoms with Crippen LogP contribution >= 0.6 is 0 Å². The summed E-state index contributed by atoms with van der Waals surface area (Å²) < 4.78 is 2.25. The third-order valence-corrected chi connectivity index (χ3v) is 6.69. The second kappa shape index (κ2) is 10.7. The van der Waals surface area contributed by atoms with E-state index in [2.05, 4.69) is 65.2 Å². The van der Waals surface area contributed by atoms with E-state index in [1.807, 2.05) is 79.0 Å². The van der Waals surface area contributed by atoms with E-state index in [1.54, 1.807) is 0 Å². The van der Waals surface area contributed by atoms with Crippen molar-refractivity contribution in [2.24, 2.45) is 0 Å². The fraction of sp³-hybridized carbons (Fsp3) is 0. The van der Waals surface area contributed by atoms with Gasteiger partial charge >= 0.3 is 21.1 Å². The van der Waals surface area contributed by atoms with Gasteiger partial charge in [-0.3, -0.25) is 9.97 Å². The predicted molar refractivity (Wildman–Crippen MR) is 155 cm³/mol. The molecule has 188 valence electrons. The molecule has 0 aliphatic rings. The van der Waals surface area contributed by atoms with E-state index in [0.717, 1.165) is 61.5 Å². The molecule has 0 amide bonds. The second-order valence-electron chi connectivity index (χ2n) is 9.03. The molecule has 0 aliphatic carbocycles. The number of rotatable bonds is 5. The van der Waals surface area contributed by atoms with Gasteiger partial charge in [0.25, 0.3) is 0 Å². The Hall–Kier alpha value is -4.53. The molecule has 0 aliphatic heterocycles. The number of para-hydroxylation sites is 2. The molecule has 5 heteroatoms. The molecule has 0 spiro atoms. The molecule has 0 fully saturated rings. The Balaban J connectivity index is 0.00000277. The summed E-state index contributed by atoms with van der Waals surface area (Å²) in [5, 5.41) is 6.23. The van der Waals surface area contributed by atoms with Crippen LogP contribution < -0.4 is 0 Å². The molecule has 0 saturated heterocycles. The van der Waals surface area contributed by atoms with Crippen LogP contribution in [-0.2, 0) is 21.1 Å². The van der Waals surface area contributed by atoms with Gasteiger partial charge in [0.1, 0.15) is 0 Å². The van der Waals surface area contributed by atoms with E-state index in [1.165, 1.54) is 0 Å². The van der Waals surface area contributed by atoms with Gasteiger partial charge in [-0.05, 0) is 47.7 Å². The number of nitrogens with zero attached hydrogens (tertiary/aromatic N) is 4. The van der Waals surface area contributed by atoms with Crippen molar-refractivity contribution >= 4 is 33.3 Å². The van der Waals surface area contributed by atoms with Gasteiger partial charge in [0.15, 0.2) is 0 Å². The summed E-state index contributed by atoms with van der Waals surface area (Å²) in [7, 11) is 0. The van der Waals surface area contributed by atoms with Crippen LogP contribution in [0.2, 0.25) is 0 Å². The molecular formula is C34H22N4Pt. The van der Waals surface area contributed by atoms with Crippen LogP contribution in [0, 0.1) is 6.07 Å². The van der Waals surface area contributed by atoms with E-state index in [9.17, 15) is 0 Å². The minimum atomic E-state index is 0. The monoisotopic (exact) mass is 681 g/mol. The number of hydrogen-bond donors (Lipinski definition) is 0. The van der Waals surface area contributed by atoms with Gasteiger partial charge in [0, 0.05) is 17.3 Å². The molecule has 0 N–H and O–H groups in total. The van der Waals surface area contributed by atoms with E-state index in [4.69, 9.17) is 15.3 Å². The predicted octanol–water partition coefficient (Wildman–Crippen LogP) is 9.04. The Labute approximate surface area is 241 Å². The zero-order valence-corrected chi connectivity index (χ0v) is 23.1.